The molecule has 0 aromatic heterocycles. The molecule has 0 aromatic rings. The number of carbonyl (C=O) groups excluding carboxylic acids is 1. The predicted molar refractivity (Wildman–Crippen MR) is 74.3 cm³/mol. The number of allylic oxidation sites excluding steroid dienone is 1. The summed E-state index contributed by atoms with van der Waals surface area (Å²) in [6.45, 7) is 9.07. The van der Waals surface area contributed by atoms with Crippen LogP contribution in [0.1, 0.15) is 66.2 Å². The first-order valence-corrected chi connectivity index (χ1v) is 7.23. The SMILES string of the molecule is CCCCC(OCC)=C(CCCC)C(=O)OCC. The highest BCUT2D eigenvalue weighted by Crippen LogP contribution is 2.20. The lowest BCUT2D eigenvalue weighted by Crippen LogP contribution is -2.12. The van der Waals surface area contributed by atoms with Gasteiger partial charge in [-0.05, 0) is 33.1 Å². The molecule has 0 amide bonds. The normalized spacial score (nSPS) is 12.0. The van der Waals surface area contributed by atoms with Gasteiger partial charge in [0.15, 0.2) is 0 Å². The monoisotopic (exact) mass is 256 g/mol. The molecule has 0 atom stereocenters. The van der Waals surface area contributed by atoms with Crippen molar-refractivity contribution in [2.24, 2.45) is 0 Å². The number of unbranched alkanes of at least 4 members (excludes halogenated alkanes) is 2. The molecule has 0 aliphatic carbocycles. The Morgan fingerprint density at radius 3 is 1.89 bits per heavy atom. The maximum Gasteiger partial charge on any atom is 0.337 e. The van der Waals surface area contributed by atoms with Crippen molar-refractivity contribution in [2.45, 2.75) is 66.2 Å². The smallest absolute Gasteiger partial charge is 0.337 e. The number of hydrogen-bond donors (Lipinski definition) is 0. The fourth-order valence-electron chi connectivity index (χ4n) is 1.75. The van der Waals surface area contributed by atoms with Gasteiger partial charge in [-0.3, -0.25) is 0 Å². The Bertz CT molecular complexity index is 256. The first-order chi connectivity index (χ1) is 8.71. The molecule has 106 valence electrons. The van der Waals surface area contributed by atoms with Crippen molar-refractivity contribution in [1.82, 2.24) is 0 Å². The summed E-state index contributed by atoms with van der Waals surface area (Å²) in [6, 6.07) is 0. The van der Waals surface area contributed by atoms with Crippen molar-refractivity contribution in [3.05, 3.63) is 11.3 Å². The molecule has 0 bridgehead atoms. The van der Waals surface area contributed by atoms with Gasteiger partial charge in [0.05, 0.1) is 18.8 Å². The van der Waals surface area contributed by atoms with Gasteiger partial charge in [-0.25, -0.2) is 4.79 Å². The number of carbonyl (C=O) groups is 1. The van der Waals surface area contributed by atoms with E-state index in [9.17, 15) is 4.79 Å². The summed E-state index contributed by atoms with van der Waals surface area (Å²) in [4.78, 5) is 12.0. The van der Waals surface area contributed by atoms with Gasteiger partial charge in [0, 0.05) is 6.42 Å². The average Bonchev–Trinajstić information content (AvgIpc) is 2.36. The maximum absolute atomic E-state index is 12.0. The topological polar surface area (TPSA) is 35.5 Å². The summed E-state index contributed by atoms with van der Waals surface area (Å²) in [7, 11) is 0. The summed E-state index contributed by atoms with van der Waals surface area (Å²) in [5.41, 5.74) is 0.744. The third kappa shape index (κ3) is 6.67. The molecule has 0 heterocycles. The van der Waals surface area contributed by atoms with Gasteiger partial charge in [-0.2, -0.15) is 0 Å². The fourth-order valence-corrected chi connectivity index (χ4v) is 1.75. The number of ether oxygens (including phenoxy) is 2. The second kappa shape index (κ2) is 11.1. The lowest BCUT2D eigenvalue weighted by atomic mass is 10.0. The number of hydrogen-bond acceptors (Lipinski definition) is 3. The van der Waals surface area contributed by atoms with E-state index in [1.807, 2.05) is 13.8 Å². The van der Waals surface area contributed by atoms with Crippen molar-refractivity contribution in [2.75, 3.05) is 13.2 Å². The van der Waals surface area contributed by atoms with Crippen LogP contribution in [0.4, 0.5) is 0 Å². The average molecular weight is 256 g/mol. The third-order valence-corrected chi connectivity index (χ3v) is 2.71. The Kier molecular flexibility index (Phi) is 10.5. The van der Waals surface area contributed by atoms with Crippen LogP contribution in [0.3, 0.4) is 0 Å². The van der Waals surface area contributed by atoms with Gasteiger partial charge >= 0.3 is 5.97 Å². The lowest BCUT2D eigenvalue weighted by molar-refractivity contribution is -0.139. The van der Waals surface area contributed by atoms with E-state index in [2.05, 4.69) is 13.8 Å². The summed E-state index contributed by atoms with van der Waals surface area (Å²) in [5.74, 6) is 0.636. The van der Waals surface area contributed by atoms with Gasteiger partial charge in [0.1, 0.15) is 5.76 Å². The van der Waals surface area contributed by atoms with Crippen molar-refractivity contribution in [3.8, 4) is 0 Å². The van der Waals surface area contributed by atoms with Crippen LogP contribution in [0.15, 0.2) is 11.3 Å². The molecule has 18 heavy (non-hydrogen) atoms. The Labute approximate surface area is 112 Å². The maximum atomic E-state index is 12.0. The summed E-state index contributed by atoms with van der Waals surface area (Å²) in [5, 5.41) is 0. The molecule has 3 nitrogen and oxygen atoms in total. The quantitative estimate of drug-likeness (QED) is 0.333. The predicted octanol–water partition coefficient (Wildman–Crippen LogP) is 4.22. The molecule has 0 unspecified atom stereocenters. The fraction of sp³-hybridized carbons (Fsp3) is 0.800. The van der Waals surface area contributed by atoms with Crippen molar-refractivity contribution < 1.29 is 14.3 Å². The zero-order valence-corrected chi connectivity index (χ0v) is 12.4. The highest BCUT2D eigenvalue weighted by Gasteiger charge is 2.17. The van der Waals surface area contributed by atoms with Gasteiger partial charge in [0.25, 0.3) is 0 Å². The molecule has 0 saturated heterocycles. The highest BCUT2D eigenvalue weighted by atomic mass is 16.5. The molecule has 0 radical (unpaired) electrons. The number of esters is 1. The molecule has 0 spiro atoms. The van der Waals surface area contributed by atoms with Crippen LogP contribution in [0.25, 0.3) is 0 Å². The Morgan fingerprint density at radius 2 is 1.39 bits per heavy atom. The summed E-state index contributed by atoms with van der Waals surface area (Å²) < 4.78 is 10.8. The number of rotatable bonds is 10. The Balaban J connectivity index is 4.91. The minimum Gasteiger partial charge on any atom is -0.498 e. The lowest BCUT2D eigenvalue weighted by Gasteiger charge is -2.14. The molecule has 0 aliphatic rings. The summed E-state index contributed by atoms with van der Waals surface area (Å²) in [6.07, 6.45) is 5.80. The van der Waals surface area contributed by atoms with Gasteiger partial charge in [0.2, 0.25) is 0 Å². The molecule has 0 aliphatic heterocycles. The first kappa shape index (κ1) is 17.0. The zero-order chi connectivity index (χ0) is 13.8. The molecule has 0 aromatic carbocycles. The molecule has 0 N–H and O–H groups in total. The summed E-state index contributed by atoms with van der Waals surface area (Å²) >= 11 is 0. The van der Waals surface area contributed by atoms with Crippen LogP contribution < -0.4 is 0 Å². The van der Waals surface area contributed by atoms with E-state index in [-0.39, 0.29) is 5.97 Å². The Hall–Kier alpha value is -0.990. The molecule has 0 rings (SSSR count). The van der Waals surface area contributed by atoms with E-state index in [0.717, 1.165) is 49.9 Å². The van der Waals surface area contributed by atoms with Gasteiger partial charge in [-0.1, -0.05) is 26.7 Å². The molecular formula is C15H28O3. The standard InChI is InChI=1S/C15H28O3/c1-5-9-11-13(15(16)18-8-4)14(17-7-3)12-10-6-2/h5-12H2,1-4H3. The third-order valence-electron chi connectivity index (χ3n) is 2.71. The molecule has 3 heteroatoms. The van der Waals surface area contributed by atoms with E-state index >= 15 is 0 Å². The van der Waals surface area contributed by atoms with E-state index < -0.39 is 0 Å². The second-order valence-electron chi connectivity index (χ2n) is 4.26. The van der Waals surface area contributed by atoms with E-state index in [0.29, 0.717) is 13.2 Å². The van der Waals surface area contributed by atoms with Crippen LogP contribution >= 0.6 is 0 Å². The van der Waals surface area contributed by atoms with Crippen LogP contribution in [-0.2, 0) is 14.3 Å². The zero-order valence-electron chi connectivity index (χ0n) is 12.4. The van der Waals surface area contributed by atoms with E-state index in [4.69, 9.17) is 9.47 Å². The minimum absolute atomic E-state index is 0.203. The van der Waals surface area contributed by atoms with Crippen LogP contribution in [-0.4, -0.2) is 19.2 Å². The second-order valence-corrected chi connectivity index (χ2v) is 4.26. The van der Waals surface area contributed by atoms with Crippen LogP contribution in [0, 0.1) is 0 Å². The first-order valence-electron chi connectivity index (χ1n) is 7.23. The minimum atomic E-state index is -0.203. The highest BCUT2D eigenvalue weighted by molar-refractivity contribution is 5.89. The van der Waals surface area contributed by atoms with Gasteiger partial charge < -0.3 is 9.47 Å². The van der Waals surface area contributed by atoms with E-state index in [1.54, 1.807) is 0 Å². The molecule has 0 saturated carbocycles. The van der Waals surface area contributed by atoms with Crippen LogP contribution in [0.5, 0.6) is 0 Å². The van der Waals surface area contributed by atoms with E-state index in [1.165, 1.54) is 0 Å². The van der Waals surface area contributed by atoms with Crippen LogP contribution in [0.2, 0.25) is 0 Å². The largest absolute Gasteiger partial charge is 0.498 e. The van der Waals surface area contributed by atoms with Crippen molar-refractivity contribution >= 4 is 5.97 Å². The van der Waals surface area contributed by atoms with Crippen molar-refractivity contribution in [1.29, 1.82) is 0 Å². The Morgan fingerprint density at radius 1 is 0.833 bits per heavy atom. The van der Waals surface area contributed by atoms with Crippen molar-refractivity contribution in [3.63, 3.8) is 0 Å². The molecule has 0 fully saturated rings. The van der Waals surface area contributed by atoms with Gasteiger partial charge in [-0.15, -0.1) is 0 Å². The molecular weight excluding hydrogens is 228 g/mol.